The van der Waals surface area contributed by atoms with Crippen molar-refractivity contribution < 1.29 is 0 Å². The molecule has 0 aromatic heterocycles. The van der Waals surface area contributed by atoms with E-state index in [4.69, 9.17) is 0 Å². The maximum absolute atomic E-state index is 3.52. The fourth-order valence-electron chi connectivity index (χ4n) is 5.39. The summed E-state index contributed by atoms with van der Waals surface area (Å²) in [5.41, 5.74) is 2.79. The summed E-state index contributed by atoms with van der Waals surface area (Å²) >= 11 is 0. The number of benzene rings is 1. The van der Waals surface area contributed by atoms with Crippen LogP contribution in [0.2, 0.25) is 0 Å². The summed E-state index contributed by atoms with van der Waals surface area (Å²) in [6, 6.07) is 9.84. The molecule has 0 bridgehead atoms. The largest absolute Gasteiger partial charge is 0.371 e. The molecule has 0 saturated carbocycles. The summed E-state index contributed by atoms with van der Waals surface area (Å²) in [4.78, 5) is 5.41. The number of piperidine rings is 3. The van der Waals surface area contributed by atoms with E-state index in [0.717, 1.165) is 17.9 Å². The molecule has 1 aromatic carbocycles. The van der Waals surface area contributed by atoms with Crippen molar-refractivity contribution in [2.75, 3.05) is 44.2 Å². The monoisotopic (exact) mass is 341 g/mol. The summed E-state index contributed by atoms with van der Waals surface area (Å²) in [7, 11) is 0. The number of hydrogen-bond donors (Lipinski definition) is 1. The highest BCUT2D eigenvalue weighted by Gasteiger charge is 2.31. The molecule has 0 spiro atoms. The highest BCUT2D eigenvalue weighted by atomic mass is 15.2. The lowest BCUT2D eigenvalue weighted by Crippen LogP contribution is -2.48. The van der Waals surface area contributed by atoms with Gasteiger partial charge in [0.25, 0.3) is 0 Å². The average Bonchev–Trinajstić information content (AvgIpc) is 2.69. The molecule has 0 atom stereocenters. The first kappa shape index (κ1) is 17.4. The zero-order chi connectivity index (χ0) is 17.1. The first-order valence-electron chi connectivity index (χ1n) is 10.6. The lowest BCUT2D eigenvalue weighted by molar-refractivity contribution is 0.0862. The first-order valence-corrected chi connectivity index (χ1v) is 10.6. The number of likely N-dealkylation sites (tertiary alicyclic amines) is 1. The van der Waals surface area contributed by atoms with Crippen LogP contribution in [0.4, 0.5) is 5.69 Å². The molecule has 3 saturated heterocycles. The van der Waals surface area contributed by atoms with Gasteiger partial charge in [0.15, 0.2) is 0 Å². The van der Waals surface area contributed by atoms with Crippen LogP contribution in [0.1, 0.15) is 44.1 Å². The quantitative estimate of drug-likeness (QED) is 0.905. The van der Waals surface area contributed by atoms with E-state index in [1.165, 1.54) is 89.0 Å². The fourth-order valence-corrected chi connectivity index (χ4v) is 5.39. The number of nitrogens with zero attached hydrogens (tertiary/aromatic N) is 2. The summed E-state index contributed by atoms with van der Waals surface area (Å²) in [5, 5.41) is 3.52. The minimum Gasteiger partial charge on any atom is -0.371 e. The Morgan fingerprint density at radius 1 is 0.840 bits per heavy atom. The predicted molar refractivity (Wildman–Crippen MR) is 106 cm³/mol. The molecule has 3 aliphatic heterocycles. The fraction of sp³-hybridized carbons (Fsp3) is 0.727. The summed E-state index contributed by atoms with van der Waals surface area (Å²) in [6.07, 6.45) is 8.41. The zero-order valence-electron chi connectivity index (χ0n) is 15.9. The van der Waals surface area contributed by atoms with Gasteiger partial charge in [-0.2, -0.15) is 0 Å². The second kappa shape index (κ2) is 8.09. The van der Waals surface area contributed by atoms with Crippen molar-refractivity contribution in [1.82, 2.24) is 10.2 Å². The lowest BCUT2D eigenvalue weighted by Gasteiger charge is -2.44. The molecule has 0 unspecified atom stereocenters. The lowest BCUT2D eigenvalue weighted by atomic mass is 9.79. The molecule has 3 heteroatoms. The van der Waals surface area contributed by atoms with Gasteiger partial charge in [0.1, 0.15) is 0 Å². The number of anilines is 1. The molecule has 138 valence electrons. The highest BCUT2D eigenvalue weighted by Crippen LogP contribution is 2.33. The Morgan fingerprint density at radius 2 is 1.52 bits per heavy atom. The second-order valence-corrected chi connectivity index (χ2v) is 8.52. The molecular formula is C22H35N3. The van der Waals surface area contributed by atoms with Crippen LogP contribution >= 0.6 is 0 Å². The Bertz CT molecular complexity index is 536. The Balaban J connectivity index is 1.25. The molecule has 3 nitrogen and oxygen atoms in total. The Kier molecular flexibility index (Phi) is 5.62. The van der Waals surface area contributed by atoms with Gasteiger partial charge in [0, 0.05) is 24.8 Å². The van der Waals surface area contributed by atoms with E-state index in [1.807, 2.05) is 0 Å². The third-order valence-corrected chi connectivity index (χ3v) is 6.97. The molecule has 0 aliphatic carbocycles. The van der Waals surface area contributed by atoms with Gasteiger partial charge in [-0.1, -0.05) is 12.1 Å². The van der Waals surface area contributed by atoms with Crippen LogP contribution in [0.5, 0.6) is 0 Å². The maximum Gasteiger partial charge on any atom is 0.0368 e. The molecular weight excluding hydrogens is 306 g/mol. The van der Waals surface area contributed by atoms with Crippen molar-refractivity contribution in [2.24, 2.45) is 11.8 Å². The molecule has 3 heterocycles. The summed E-state index contributed by atoms with van der Waals surface area (Å²) in [5.74, 6) is 2.01. The van der Waals surface area contributed by atoms with Gasteiger partial charge < -0.3 is 15.1 Å². The van der Waals surface area contributed by atoms with Crippen LogP contribution in [0, 0.1) is 18.8 Å². The molecule has 0 amide bonds. The smallest absolute Gasteiger partial charge is 0.0368 e. The van der Waals surface area contributed by atoms with E-state index in [9.17, 15) is 0 Å². The van der Waals surface area contributed by atoms with Crippen LogP contribution in [0.15, 0.2) is 24.3 Å². The standard InChI is InChI=1S/C22H35N3/c1-18-3-2-4-22(17-18)25-15-9-21(10-16-25)24-13-7-20(8-14-24)19-5-11-23-12-6-19/h2-4,17,19-21,23H,5-16H2,1H3. The summed E-state index contributed by atoms with van der Waals surface area (Å²) < 4.78 is 0. The minimum atomic E-state index is 0.829. The van der Waals surface area contributed by atoms with Crippen LogP contribution in [-0.4, -0.2) is 50.2 Å². The van der Waals surface area contributed by atoms with Crippen LogP contribution < -0.4 is 10.2 Å². The Labute approximate surface area is 153 Å². The van der Waals surface area contributed by atoms with E-state index in [2.05, 4.69) is 46.3 Å². The van der Waals surface area contributed by atoms with E-state index in [1.54, 1.807) is 0 Å². The maximum atomic E-state index is 3.52. The van der Waals surface area contributed by atoms with E-state index in [0.29, 0.717) is 0 Å². The van der Waals surface area contributed by atoms with Crippen molar-refractivity contribution in [1.29, 1.82) is 0 Å². The second-order valence-electron chi connectivity index (χ2n) is 8.52. The van der Waals surface area contributed by atoms with Crippen LogP contribution in [0.3, 0.4) is 0 Å². The van der Waals surface area contributed by atoms with E-state index < -0.39 is 0 Å². The van der Waals surface area contributed by atoms with Gasteiger partial charge in [-0.15, -0.1) is 0 Å². The number of rotatable bonds is 3. The molecule has 3 fully saturated rings. The van der Waals surface area contributed by atoms with Gasteiger partial charge in [-0.25, -0.2) is 0 Å². The topological polar surface area (TPSA) is 18.5 Å². The molecule has 25 heavy (non-hydrogen) atoms. The SMILES string of the molecule is Cc1cccc(N2CCC(N3CCC(C4CCNCC4)CC3)CC2)c1. The number of hydrogen-bond acceptors (Lipinski definition) is 3. The zero-order valence-corrected chi connectivity index (χ0v) is 15.9. The third-order valence-electron chi connectivity index (χ3n) is 6.97. The van der Waals surface area contributed by atoms with Gasteiger partial charge >= 0.3 is 0 Å². The van der Waals surface area contributed by atoms with E-state index in [-0.39, 0.29) is 0 Å². The van der Waals surface area contributed by atoms with Crippen LogP contribution in [-0.2, 0) is 0 Å². The highest BCUT2D eigenvalue weighted by molar-refractivity contribution is 5.48. The summed E-state index contributed by atoms with van der Waals surface area (Å²) in [6.45, 7) is 9.85. The Morgan fingerprint density at radius 3 is 2.20 bits per heavy atom. The van der Waals surface area contributed by atoms with E-state index >= 15 is 0 Å². The first-order chi connectivity index (χ1) is 12.3. The molecule has 1 aromatic rings. The van der Waals surface area contributed by atoms with Gasteiger partial charge in [-0.3, -0.25) is 0 Å². The molecule has 1 N–H and O–H groups in total. The van der Waals surface area contributed by atoms with Gasteiger partial charge in [0.2, 0.25) is 0 Å². The number of nitrogens with one attached hydrogen (secondary N) is 1. The van der Waals surface area contributed by atoms with Crippen molar-refractivity contribution in [2.45, 2.75) is 51.5 Å². The van der Waals surface area contributed by atoms with Crippen molar-refractivity contribution in [3.8, 4) is 0 Å². The van der Waals surface area contributed by atoms with Crippen LogP contribution in [0.25, 0.3) is 0 Å². The van der Waals surface area contributed by atoms with Crippen molar-refractivity contribution in [3.05, 3.63) is 29.8 Å². The minimum absolute atomic E-state index is 0.829. The van der Waals surface area contributed by atoms with Gasteiger partial charge in [-0.05, 0) is 101 Å². The average molecular weight is 342 g/mol. The predicted octanol–water partition coefficient (Wildman–Crippen LogP) is 3.68. The Hall–Kier alpha value is -1.06. The molecule has 0 radical (unpaired) electrons. The van der Waals surface area contributed by atoms with Crippen molar-refractivity contribution in [3.63, 3.8) is 0 Å². The van der Waals surface area contributed by atoms with Gasteiger partial charge in [0.05, 0.1) is 0 Å². The third kappa shape index (κ3) is 4.20. The molecule has 3 aliphatic rings. The van der Waals surface area contributed by atoms with Crippen molar-refractivity contribution >= 4 is 5.69 Å². The number of aryl methyl sites for hydroxylation is 1. The molecule has 4 rings (SSSR count). The normalized spacial score (nSPS) is 25.4.